The molecule has 0 fully saturated rings. The topological polar surface area (TPSA) is 145 Å². The molecule has 0 spiro atoms. The Balaban J connectivity index is 2.49. The third kappa shape index (κ3) is 4.20. The molecule has 0 aromatic carbocycles. The molecule has 1 aromatic rings. The van der Waals surface area contributed by atoms with Gasteiger partial charge in [-0.25, -0.2) is 0 Å². The van der Waals surface area contributed by atoms with E-state index < -0.39 is 0 Å². The number of ether oxygens (including phenoxy) is 1. The second kappa shape index (κ2) is 6.33. The van der Waals surface area contributed by atoms with Gasteiger partial charge in [-0.1, -0.05) is 0 Å². The van der Waals surface area contributed by atoms with Crippen LogP contribution >= 0.6 is 0 Å². The number of carbonyl (C=O) groups excluding carboxylic acids is 1. The van der Waals surface area contributed by atoms with Crippen LogP contribution in [-0.2, 0) is 9.53 Å². The van der Waals surface area contributed by atoms with Crippen LogP contribution in [0.3, 0.4) is 0 Å². The summed E-state index contributed by atoms with van der Waals surface area (Å²) in [7, 11) is 1.32. The molecule has 1 aromatic heterocycles. The number of esters is 1. The number of nitrogens with zero attached hydrogens (tertiary/aromatic N) is 4. The van der Waals surface area contributed by atoms with Gasteiger partial charge < -0.3 is 16.2 Å². The molecule has 98 valence electrons. The number of hydrogen-bond donors (Lipinski definition) is 3. The smallest absolute Gasteiger partial charge is 0.305 e. The van der Waals surface area contributed by atoms with Crippen LogP contribution < -0.4 is 11.5 Å². The van der Waals surface area contributed by atoms with Crippen LogP contribution in [0.5, 0.6) is 0 Å². The molecule has 0 radical (unpaired) electrons. The number of aliphatic imine (C=N–C) groups is 1. The van der Waals surface area contributed by atoms with E-state index in [-0.39, 0.29) is 30.0 Å². The Morgan fingerprint density at radius 3 is 2.89 bits per heavy atom. The number of nitrogens with one attached hydrogen (secondary N) is 1. The molecule has 0 aliphatic heterocycles. The highest BCUT2D eigenvalue weighted by atomic mass is 16.5. The number of carbonyl (C=O) groups is 1. The monoisotopic (exact) mass is 253 g/mol. The van der Waals surface area contributed by atoms with Crippen molar-refractivity contribution < 1.29 is 9.53 Å². The van der Waals surface area contributed by atoms with Crippen LogP contribution in [0.15, 0.2) is 11.2 Å². The third-order valence-electron chi connectivity index (χ3n) is 1.99. The van der Waals surface area contributed by atoms with Gasteiger partial charge in [-0.3, -0.25) is 10.2 Å². The molecule has 1 rings (SSSR count). The van der Waals surface area contributed by atoms with Crippen molar-refractivity contribution in [3.63, 3.8) is 0 Å². The summed E-state index contributed by atoms with van der Waals surface area (Å²) in [6, 6.07) is 0. The van der Waals surface area contributed by atoms with Gasteiger partial charge >= 0.3 is 5.97 Å². The molecule has 0 amide bonds. The fourth-order valence-corrected chi connectivity index (χ4v) is 1.17. The minimum atomic E-state index is -0.308. The number of guanidine groups is 1. The number of rotatable bonds is 5. The van der Waals surface area contributed by atoms with Crippen molar-refractivity contribution in [1.82, 2.24) is 15.0 Å². The maximum Gasteiger partial charge on any atom is 0.305 e. The molecule has 1 heterocycles. The molecular formula is C9H15N7O2. The van der Waals surface area contributed by atoms with Crippen LogP contribution in [0.2, 0.25) is 0 Å². The summed E-state index contributed by atoms with van der Waals surface area (Å²) in [5.41, 5.74) is 10.4. The Labute approximate surface area is 103 Å². The minimum Gasteiger partial charge on any atom is -0.469 e. The summed E-state index contributed by atoms with van der Waals surface area (Å²) in [5, 5.41) is 15.4. The summed E-state index contributed by atoms with van der Waals surface area (Å²) in [6.07, 6.45) is 2.44. The van der Waals surface area contributed by atoms with Crippen molar-refractivity contribution in [2.75, 3.05) is 7.11 Å². The highest BCUT2D eigenvalue weighted by molar-refractivity contribution is 5.81. The largest absolute Gasteiger partial charge is 0.469 e. The van der Waals surface area contributed by atoms with Crippen LogP contribution in [0, 0.1) is 5.41 Å². The van der Waals surface area contributed by atoms with Crippen molar-refractivity contribution in [2.45, 2.75) is 19.3 Å². The number of methoxy groups -OCH3 is 1. The van der Waals surface area contributed by atoms with E-state index >= 15 is 0 Å². The second-order valence-corrected chi connectivity index (χ2v) is 3.41. The van der Waals surface area contributed by atoms with Crippen molar-refractivity contribution in [1.29, 1.82) is 5.41 Å². The Morgan fingerprint density at radius 2 is 2.28 bits per heavy atom. The maximum atomic E-state index is 10.9. The predicted molar refractivity (Wildman–Crippen MR) is 64.5 cm³/mol. The zero-order valence-electron chi connectivity index (χ0n) is 9.96. The van der Waals surface area contributed by atoms with Crippen LogP contribution in [0.1, 0.15) is 19.3 Å². The van der Waals surface area contributed by atoms with E-state index in [2.05, 4.69) is 19.9 Å². The molecule has 9 heteroatoms. The first kappa shape index (κ1) is 13.6. The third-order valence-corrected chi connectivity index (χ3v) is 1.99. The van der Waals surface area contributed by atoms with Gasteiger partial charge in [-0.15, -0.1) is 9.90 Å². The second-order valence-electron chi connectivity index (χ2n) is 3.41. The van der Waals surface area contributed by atoms with Gasteiger partial charge in [0.2, 0.25) is 0 Å². The quantitative estimate of drug-likeness (QED) is 0.361. The molecule has 5 N–H and O–H groups in total. The van der Waals surface area contributed by atoms with E-state index in [0.29, 0.717) is 12.8 Å². The van der Waals surface area contributed by atoms with Gasteiger partial charge in [0.25, 0.3) is 0 Å². The summed E-state index contributed by atoms with van der Waals surface area (Å²) < 4.78 is 4.49. The molecule has 0 bridgehead atoms. The standard InChI is InChI=1S/C9H15N7O2/c1-18-8(17)4-2-3-6(10)16-13-5-7(15-16)14-9(11)12/h5,10H,2-4H2,1H3,(H4,11,12,14,15). The average molecular weight is 253 g/mol. The molecule has 0 atom stereocenters. The zero-order chi connectivity index (χ0) is 13.5. The Kier molecular flexibility index (Phi) is 4.78. The van der Waals surface area contributed by atoms with Crippen molar-refractivity contribution in [2.24, 2.45) is 16.5 Å². The van der Waals surface area contributed by atoms with Crippen LogP contribution in [-0.4, -0.2) is 39.9 Å². The fourth-order valence-electron chi connectivity index (χ4n) is 1.17. The van der Waals surface area contributed by atoms with E-state index in [9.17, 15) is 4.79 Å². The summed E-state index contributed by atoms with van der Waals surface area (Å²) in [5.74, 6) is -0.0552. The molecule has 0 aliphatic rings. The first-order valence-corrected chi connectivity index (χ1v) is 5.19. The predicted octanol–water partition coefficient (Wildman–Crippen LogP) is -0.648. The maximum absolute atomic E-state index is 10.9. The lowest BCUT2D eigenvalue weighted by Gasteiger charge is -2.01. The lowest BCUT2D eigenvalue weighted by Crippen LogP contribution is -2.22. The van der Waals surface area contributed by atoms with E-state index in [1.165, 1.54) is 13.3 Å². The number of aromatic nitrogens is 3. The highest BCUT2D eigenvalue weighted by Gasteiger charge is 2.07. The molecule has 18 heavy (non-hydrogen) atoms. The molecule has 9 nitrogen and oxygen atoms in total. The lowest BCUT2D eigenvalue weighted by molar-refractivity contribution is -0.140. The normalized spacial score (nSPS) is 9.83. The number of nitrogens with two attached hydrogens (primary N) is 2. The fraction of sp³-hybridized carbons (Fsp3) is 0.444. The first-order chi connectivity index (χ1) is 8.52. The van der Waals surface area contributed by atoms with Gasteiger partial charge in [0.15, 0.2) is 11.8 Å². The molecule has 0 aliphatic carbocycles. The molecular weight excluding hydrogens is 238 g/mol. The Hall–Kier alpha value is -2.45. The average Bonchev–Trinajstić information content (AvgIpc) is 2.76. The van der Waals surface area contributed by atoms with E-state index in [1.54, 1.807) is 0 Å². The Bertz CT molecular complexity index is 461. The van der Waals surface area contributed by atoms with Gasteiger partial charge in [-0.05, 0) is 6.42 Å². The highest BCUT2D eigenvalue weighted by Crippen LogP contribution is 2.05. The Morgan fingerprint density at radius 1 is 1.56 bits per heavy atom. The number of hydrogen-bond acceptors (Lipinski definition) is 6. The lowest BCUT2D eigenvalue weighted by atomic mass is 10.2. The van der Waals surface area contributed by atoms with Crippen molar-refractivity contribution in [3.8, 4) is 0 Å². The van der Waals surface area contributed by atoms with Gasteiger partial charge in [-0.2, -0.15) is 10.1 Å². The summed E-state index contributed by atoms with van der Waals surface area (Å²) >= 11 is 0. The minimum absolute atomic E-state index is 0.126. The molecule has 0 saturated carbocycles. The van der Waals surface area contributed by atoms with Crippen molar-refractivity contribution >= 4 is 23.6 Å². The van der Waals surface area contributed by atoms with E-state index in [0.717, 1.165) is 4.80 Å². The van der Waals surface area contributed by atoms with Gasteiger partial charge in [0.1, 0.15) is 5.84 Å². The molecule has 0 unspecified atom stereocenters. The first-order valence-electron chi connectivity index (χ1n) is 5.19. The van der Waals surface area contributed by atoms with Crippen LogP contribution in [0.25, 0.3) is 0 Å². The van der Waals surface area contributed by atoms with Gasteiger partial charge in [0, 0.05) is 12.8 Å². The van der Waals surface area contributed by atoms with Crippen molar-refractivity contribution in [3.05, 3.63) is 6.20 Å². The van der Waals surface area contributed by atoms with E-state index in [4.69, 9.17) is 16.9 Å². The van der Waals surface area contributed by atoms with Gasteiger partial charge in [0.05, 0.1) is 13.3 Å². The summed E-state index contributed by atoms with van der Waals surface area (Å²) in [6.45, 7) is 0. The SMILES string of the molecule is COC(=O)CCCC(=N)n1ncc(N=C(N)N)n1. The van der Waals surface area contributed by atoms with Crippen LogP contribution in [0.4, 0.5) is 5.82 Å². The zero-order valence-corrected chi connectivity index (χ0v) is 9.96. The molecule has 0 saturated heterocycles. The van der Waals surface area contributed by atoms with E-state index in [1.807, 2.05) is 0 Å². The summed E-state index contributed by atoms with van der Waals surface area (Å²) in [4.78, 5) is 15.7.